The van der Waals surface area contributed by atoms with Gasteiger partial charge in [0.05, 0.1) is 35.9 Å². The van der Waals surface area contributed by atoms with Crippen LogP contribution in [0.1, 0.15) is 5.56 Å². The molecule has 0 aromatic heterocycles. The van der Waals surface area contributed by atoms with Crippen LogP contribution in [0.2, 0.25) is 58.9 Å². The summed E-state index contributed by atoms with van der Waals surface area (Å²) in [7, 11) is -4.38. The lowest BCUT2D eigenvalue weighted by Crippen LogP contribution is -2.37. The smallest absolute Gasteiger partial charge is 0.0991 e. The van der Waals surface area contributed by atoms with E-state index in [-0.39, 0.29) is 0 Å². The largest absolute Gasteiger partial charge is 0.192 e. The molecule has 4 heteroatoms. The van der Waals surface area contributed by atoms with Gasteiger partial charge in [-0.05, 0) is 101 Å². The first-order valence-electron chi connectivity index (χ1n) is 19.2. The Kier molecular flexibility index (Phi) is 8.69. The summed E-state index contributed by atoms with van der Waals surface area (Å²) in [6, 6.07) is 53.0. The van der Waals surface area contributed by atoms with Crippen molar-refractivity contribution in [2.75, 3.05) is 0 Å². The van der Waals surface area contributed by atoms with Crippen molar-refractivity contribution in [2.24, 2.45) is 0 Å². The lowest BCUT2D eigenvalue weighted by atomic mass is 9.82. The molecule has 0 saturated carbocycles. The lowest BCUT2D eigenvalue weighted by molar-refractivity contribution is 1.48. The molecule has 0 aliphatic carbocycles. The van der Waals surface area contributed by atoms with Crippen LogP contribution < -0.4 is 15.6 Å². The third-order valence-electron chi connectivity index (χ3n) is 11.4. The van der Waals surface area contributed by atoms with Gasteiger partial charge in [0.25, 0.3) is 0 Å². The highest BCUT2D eigenvalue weighted by molar-refractivity contribution is 6.89. The molecule has 1 nitrogen and oxygen atoms in total. The fraction of sp³-hybridized carbons (Fsp3) is 0.180. The fourth-order valence-electron chi connectivity index (χ4n) is 8.12. The van der Waals surface area contributed by atoms with E-state index in [0.29, 0.717) is 5.56 Å². The quantitative estimate of drug-likeness (QED) is 0.118. The second kappa shape index (κ2) is 13.1. The van der Waals surface area contributed by atoms with Gasteiger partial charge in [-0.25, -0.2) is 0 Å². The monoisotopic (exact) mass is 747 g/mol. The van der Waals surface area contributed by atoms with E-state index in [1.165, 1.54) is 86.8 Å². The van der Waals surface area contributed by atoms with Gasteiger partial charge in [-0.15, -0.1) is 0 Å². The van der Waals surface area contributed by atoms with Crippen LogP contribution in [0.15, 0.2) is 133 Å². The topological polar surface area (TPSA) is 23.8 Å². The molecule has 0 N–H and O–H groups in total. The highest BCUT2D eigenvalue weighted by Gasteiger charge is 2.23. The van der Waals surface area contributed by atoms with Crippen molar-refractivity contribution < 1.29 is 0 Å². The van der Waals surface area contributed by atoms with Gasteiger partial charge in [-0.2, -0.15) is 5.26 Å². The zero-order valence-electron chi connectivity index (χ0n) is 33.1. The van der Waals surface area contributed by atoms with Crippen LogP contribution in [-0.4, -0.2) is 24.2 Å². The molecule has 8 aromatic carbocycles. The van der Waals surface area contributed by atoms with Gasteiger partial charge < -0.3 is 0 Å². The first-order valence-corrected chi connectivity index (χ1v) is 29.7. The van der Waals surface area contributed by atoms with Crippen molar-refractivity contribution in [1.82, 2.24) is 0 Å². The maximum absolute atomic E-state index is 9.63. The van der Waals surface area contributed by atoms with Crippen molar-refractivity contribution in [3.8, 4) is 50.6 Å². The molecule has 0 heterocycles. The van der Waals surface area contributed by atoms with Crippen LogP contribution in [0, 0.1) is 11.3 Å². The molecule has 0 spiro atoms. The zero-order valence-corrected chi connectivity index (χ0v) is 36.1. The molecule has 0 atom stereocenters. The minimum Gasteiger partial charge on any atom is -0.192 e. The lowest BCUT2D eigenvalue weighted by Gasteiger charge is -2.23. The number of nitriles is 1. The summed E-state index contributed by atoms with van der Waals surface area (Å²) in [4.78, 5) is 0. The summed E-state index contributed by atoms with van der Waals surface area (Å²) < 4.78 is 0. The highest BCUT2D eigenvalue weighted by Crippen LogP contribution is 2.48. The van der Waals surface area contributed by atoms with Crippen LogP contribution >= 0.6 is 0 Å². The Labute approximate surface area is 324 Å². The standard InChI is InChI=1S/C50H49NSi3/c1-52(2,3)38-20-14-35(15-21-38)46-30-45(34-12-10-33(32-51)11-13-34)41-26-27-43-47(36-16-22-39(23-17-36)53(4,5)6)31-48(44-29-28-42(46)49(41)50(43)44)37-18-24-40(25-19-37)54(7,8)9/h10-31H,1-9H3. The predicted octanol–water partition coefficient (Wildman–Crippen LogP) is 12.8. The summed E-state index contributed by atoms with van der Waals surface area (Å²) in [6.45, 7) is 21.7. The van der Waals surface area contributed by atoms with Gasteiger partial charge in [0.1, 0.15) is 0 Å². The molecule has 0 saturated heterocycles. The first-order chi connectivity index (χ1) is 25.6. The molecule has 0 radical (unpaired) electrons. The Hall–Kier alpha value is -5.06. The van der Waals surface area contributed by atoms with Crippen LogP contribution in [0.5, 0.6) is 0 Å². The van der Waals surface area contributed by atoms with E-state index < -0.39 is 24.2 Å². The highest BCUT2D eigenvalue weighted by atomic mass is 28.3. The molecule has 0 aliphatic rings. The van der Waals surface area contributed by atoms with Crippen LogP contribution in [0.25, 0.3) is 76.8 Å². The van der Waals surface area contributed by atoms with Crippen LogP contribution in [0.4, 0.5) is 0 Å². The van der Waals surface area contributed by atoms with E-state index >= 15 is 0 Å². The number of hydrogen-bond donors (Lipinski definition) is 0. The maximum atomic E-state index is 9.63. The fourth-order valence-corrected chi connectivity index (χ4v) is 11.6. The molecule has 0 amide bonds. The molecular formula is C50H49NSi3. The van der Waals surface area contributed by atoms with Crippen molar-refractivity contribution in [2.45, 2.75) is 58.9 Å². The molecule has 8 rings (SSSR count). The Morgan fingerprint density at radius 3 is 0.796 bits per heavy atom. The van der Waals surface area contributed by atoms with Crippen molar-refractivity contribution >= 4 is 72.1 Å². The molecule has 0 aliphatic heterocycles. The molecule has 0 unspecified atom stereocenters. The number of rotatable bonds is 7. The Bertz CT molecular complexity index is 2640. The van der Waals surface area contributed by atoms with Gasteiger partial charge in [0.2, 0.25) is 0 Å². The van der Waals surface area contributed by atoms with E-state index in [4.69, 9.17) is 0 Å². The van der Waals surface area contributed by atoms with E-state index in [9.17, 15) is 5.26 Å². The van der Waals surface area contributed by atoms with Gasteiger partial charge in [0, 0.05) is 0 Å². The normalized spacial score (nSPS) is 12.5. The van der Waals surface area contributed by atoms with Crippen LogP contribution in [-0.2, 0) is 0 Å². The van der Waals surface area contributed by atoms with Gasteiger partial charge in [-0.3, -0.25) is 0 Å². The summed E-state index contributed by atoms with van der Waals surface area (Å²) in [5.41, 5.74) is 10.5. The third-order valence-corrected chi connectivity index (χ3v) is 17.6. The molecular weight excluding hydrogens is 699 g/mol. The summed E-state index contributed by atoms with van der Waals surface area (Å²) in [6.07, 6.45) is 0. The number of hydrogen-bond acceptors (Lipinski definition) is 1. The average Bonchev–Trinajstić information content (AvgIpc) is 3.15. The SMILES string of the molecule is C[Si](C)(C)c1ccc(-c2cc(-c3ccc(C#N)cc3)c3ccc4c(-c5ccc([Si](C)(C)C)cc5)cc(-c5ccc([Si](C)(C)C)cc5)c5ccc2c3c45)cc1. The molecule has 0 fully saturated rings. The van der Waals surface area contributed by atoms with E-state index in [0.717, 1.165) is 5.56 Å². The van der Waals surface area contributed by atoms with E-state index in [1.807, 2.05) is 12.1 Å². The first kappa shape index (κ1) is 35.9. The summed E-state index contributed by atoms with van der Waals surface area (Å²) >= 11 is 0. The van der Waals surface area contributed by atoms with E-state index in [2.05, 4.69) is 186 Å². The van der Waals surface area contributed by atoms with Crippen molar-refractivity contribution in [3.63, 3.8) is 0 Å². The van der Waals surface area contributed by atoms with E-state index in [1.54, 1.807) is 0 Å². The maximum Gasteiger partial charge on any atom is 0.0991 e. The Balaban J connectivity index is 1.49. The number of benzene rings is 8. The van der Waals surface area contributed by atoms with Crippen molar-refractivity contribution in [3.05, 3.63) is 139 Å². The van der Waals surface area contributed by atoms with Gasteiger partial charge >= 0.3 is 0 Å². The molecule has 8 aromatic rings. The Morgan fingerprint density at radius 1 is 0.333 bits per heavy atom. The summed E-state index contributed by atoms with van der Waals surface area (Å²) in [5, 5.41) is 21.7. The average molecular weight is 748 g/mol. The van der Waals surface area contributed by atoms with Gasteiger partial charge in [-0.1, -0.05) is 184 Å². The second-order valence-electron chi connectivity index (χ2n) is 18.2. The minimum atomic E-state index is -1.46. The zero-order chi connectivity index (χ0) is 38.2. The molecule has 54 heavy (non-hydrogen) atoms. The van der Waals surface area contributed by atoms with Gasteiger partial charge in [0.15, 0.2) is 0 Å². The predicted molar refractivity (Wildman–Crippen MR) is 246 cm³/mol. The van der Waals surface area contributed by atoms with Crippen LogP contribution in [0.3, 0.4) is 0 Å². The third kappa shape index (κ3) is 6.35. The summed E-state index contributed by atoms with van der Waals surface area (Å²) in [5.74, 6) is 0. The minimum absolute atomic E-state index is 0.674. The Morgan fingerprint density at radius 2 is 0.574 bits per heavy atom. The second-order valence-corrected chi connectivity index (χ2v) is 33.4. The molecule has 0 bridgehead atoms. The van der Waals surface area contributed by atoms with Crippen molar-refractivity contribution in [1.29, 1.82) is 5.26 Å². The molecule has 266 valence electrons. The number of nitrogens with zero attached hydrogens (tertiary/aromatic N) is 1.